The van der Waals surface area contributed by atoms with E-state index in [1.165, 1.54) is 10.2 Å². The van der Waals surface area contributed by atoms with Gasteiger partial charge in [-0.3, -0.25) is 4.79 Å². The Labute approximate surface area is 101 Å². The Morgan fingerprint density at radius 2 is 2.00 bits per heavy atom. The lowest BCUT2D eigenvalue weighted by atomic mass is 10.1. The number of aryl methyl sites for hydroxylation is 3. The monoisotopic (exact) mass is 228 g/mol. The molecule has 0 aliphatic heterocycles. The quantitative estimate of drug-likeness (QED) is 0.792. The number of hydrogen-bond donors (Lipinski definition) is 0. The molecule has 0 spiro atoms. The topological polar surface area (TPSA) is 34.9 Å². The van der Waals surface area contributed by atoms with E-state index in [4.69, 9.17) is 0 Å². The van der Waals surface area contributed by atoms with Crippen LogP contribution in [0.4, 0.5) is 0 Å². The summed E-state index contributed by atoms with van der Waals surface area (Å²) >= 11 is 0. The Bertz CT molecular complexity index is 555. The van der Waals surface area contributed by atoms with E-state index in [1.54, 1.807) is 0 Å². The highest BCUT2D eigenvalue weighted by atomic mass is 16.2. The number of benzene rings is 1. The predicted octanol–water partition coefficient (Wildman–Crippen LogP) is 2.69. The third kappa shape index (κ3) is 2.61. The first-order valence-electron chi connectivity index (χ1n) is 5.68. The zero-order valence-corrected chi connectivity index (χ0v) is 10.4. The zero-order chi connectivity index (χ0) is 12.4. The first-order chi connectivity index (χ1) is 8.06. The van der Waals surface area contributed by atoms with Crippen LogP contribution >= 0.6 is 0 Å². The normalized spacial score (nSPS) is 10.5. The van der Waals surface area contributed by atoms with Gasteiger partial charge in [0.2, 0.25) is 0 Å². The molecule has 0 bridgehead atoms. The van der Waals surface area contributed by atoms with Gasteiger partial charge < -0.3 is 0 Å². The smallest absolute Gasteiger partial charge is 0.251 e. The fourth-order valence-electron chi connectivity index (χ4n) is 1.95. The summed E-state index contributed by atoms with van der Waals surface area (Å²) < 4.78 is 1.48. The zero-order valence-electron chi connectivity index (χ0n) is 10.4. The minimum absolute atomic E-state index is 0.0150. The van der Waals surface area contributed by atoms with E-state index in [0.29, 0.717) is 6.42 Å². The highest BCUT2D eigenvalue weighted by Crippen LogP contribution is 2.08. The molecule has 1 aromatic carbocycles. The molecule has 0 amide bonds. The third-order valence-corrected chi connectivity index (χ3v) is 2.68. The van der Waals surface area contributed by atoms with Crippen LogP contribution in [0.1, 0.15) is 27.3 Å². The molecule has 2 rings (SSSR count). The third-order valence-electron chi connectivity index (χ3n) is 2.68. The largest absolute Gasteiger partial charge is 0.272 e. The summed E-state index contributed by atoms with van der Waals surface area (Å²) in [5, 5.41) is 4.20. The van der Waals surface area contributed by atoms with Crippen LogP contribution in [0.5, 0.6) is 0 Å². The minimum Gasteiger partial charge on any atom is -0.272 e. The standard InChI is InChI=1S/C14H16N2O/c1-10-5-4-6-13(7-10)9-14(17)16-12(3)8-11(2)15-16/h4-8H,9H2,1-3H3. The molecule has 2 aromatic rings. The number of rotatable bonds is 2. The fraction of sp³-hybridized carbons (Fsp3) is 0.286. The molecule has 3 nitrogen and oxygen atoms in total. The van der Waals surface area contributed by atoms with Crippen molar-refractivity contribution in [3.05, 3.63) is 52.8 Å². The van der Waals surface area contributed by atoms with Crippen LogP contribution in [0.25, 0.3) is 0 Å². The van der Waals surface area contributed by atoms with Gasteiger partial charge in [-0.05, 0) is 32.4 Å². The summed E-state index contributed by atoms with van der Waals surface area (Å²) in [6.07, 6.45) is 0.392. The molecule has 1 aromatic heterocycles. The number of hydrogen-bond acceptors (Lipinski definition) is 2. The van der Waals surface area contributed by atoms with Crippen LogP contribution in [0, 0.1) is 20.8 Å². The van der Waals surface area contributed by atoms with Crippen molar-refractivity contribution in [1.29, 1.82) is 0 Å². The van der Waals surface area contributed by atoms with Gasteiger partial charge in [0.05, 0.1) is 12.1 Å². The lowest BCUT2D eigenvalue weighted by Gasteiger charge is -2.04. The second kappa shape index (κ2) is 4.53. The van der Waals surface area contributed by atoms with Crippen LogP contribution in [-0.2, 0) is 6.42 Å². The lowest BCUT2D eigenvalue weighted by Crippen LogP contribution is -2.16. The average Bonchev–Trinajstić information content (AvgIpc) is 2.58. The maximum absolute atomic E-state index is 12.1. The molecule has 0 unspecified atom stereocenters. The van der Waals surface area contributed by atoms with Gasteiger partial charge in [-0.25, -0.2) is 4.68 Å². The maximum Gasteiger partial charge on any atom is 0.251 e. The van der Waals surface area contributed by atoms with E-state index < -0.39 is 0 Å². The summed E-state index contributed by atoms with van der Waals surface area (Å²) in [5.74, 6) is 0.0150. The van der Waals surface area contributed by atoms with Crippen LogP contribution in [0.2, 0.25) is 0 Å². The summed E-state index contributed by atoms with van der Waals surface area (Å²) in [6, 6.07) is 9.91. The van der Waals surface area contributed by atoms with Crippen molar-refractivity contribution in [1.82, 2.24) is 9.78 Å². The van der Waals surface area contributed by atoms with Crippen molar-refractivity contribution in [2.24, 2.45) is 0 Å². The SMILES string of the molecule is Cc1cccc(CC(=O)n2nc(C)cc2C)c1. The van der Waals surface area contributed by atoms with Gasteiger partial charge >= 0.3 is 0 Å². The van der Waals surface area contributed by atoms with Gasteiger partial charge in [0.15, 0.2) is 0 Å². The van der Waals surface area contributed by atoms with Gasteiger partial charge in [-0.15, -0.1) is 0 Å². The summed E-state index contributed by atoms with van der Waals surface area (Å²) in [6.45, 7) is 5.81. The molecule has 88 valence electrons. The van der Waals surface area contributed by atoms with Crippen LogP contribution in [0.3, 0.4) is 0 Å². The van der Waals surface area contributed by atoms with Crippen molar-refractivity contribution >= 4 is 5.91 Å². The summed E-state index contributed by atoms with van der Waals surface area (Å²) in [7, 11) is 0. The van der Waals surface area contributed by atoms with E-state index in [1.807, 2.05) is 51.1 Å². The molecule has 0 fully saturated rings. The number of aromatic nitrogens is 2. The molecule has 0 aliphatic rings. The molecule has 0 saturated heterocycles. The molecule has 0 aliphatic carbocycles. The molecular formula is C14H16N2O. The fourth-order valence-corrected chi connectivity index (χ4v) is 1.95. The minimum atomic E-state index is 0.0150. The van der Waals surface area contributed by atoms with E-state index in [9.17, 15) is 4.79 Å². The Morgan fingerprint density at radius 3 is 2.59 bits per heavy atom. The van der Waals surface area contributed by atoms with E-state index in [2.05, 4.69) is 5.10 Å². The average molecular weight is 228 g/mol. The molecule has 17 heavy (non-hydrogen) atoms. The van der Waals surface area contributed by atoms with E-state index >= 15 is 0 Å². The van der Waals surface area contributed by atoms with E-state index in [0.717, 1.165) is 17.0 Å². The number of carbonyl (C=O) groups is 1. The Hall–Kier alpha value is -1.90. The van der Waals surface area contributed by atoms with Crippen LogP contribution in [-0.4, -0.2) is 15.7 Å². The Balaban J connectivity index is 2.20. The van der Waals surface area contributed by atoms with Crippen molar-refractivity contribution in [2.75, 3.05) is 0 Å². The molecule has 0 saturated carbocycles. The van der Waals surface area contributed by atoms with Crippen molar-refractivity contribution in [2.45, 2.75) is 27.2 Å². The predicted molar refractivity (Wildman–Crippen MR) is 67.2 cm³/mol. The number of carbonyl (C=O) groups excluding carboxylic acids is 1. The highest BCUT2D eigenvalue weighted by molar-refractivity contribution is 5.81. The van der Waals surface area contributed by atoms with Crippen LogP contribution in [0.15, 0.2) is 30.3 Å². The molecule has 0 radical (unpaired) electrons. The first kappa shape index (κ1) is 11.6. The molecule has 3 heteroatoms. The van der Waals surface area contributed by atoms with E-state index in [-0.39, 0.29) is 5.91 Å². The second-order valence-corrected chi connectivity index (χ2v) is 4.40. The molecule has 0 atom stereocenters. The Morgan fingerprint density at radius 1 is 1.24 bits per heavy atom. The summed E-state index contributed by atoms with van der Waals surface area (Å²) in [5.41, 5.74) is 3.96. The molecule has 1 heterocycles. The van der Waals surface area contributed by atoms with Gasteiger partial charge in [0.25, 0.3) is 5.91 Å². The van der Waals surface area contributed by atoms with Gasteiger partial charge in [-0.2, -0.15) is 5.10 Å². The van der Waals surface area contributed by atoms with Gasteiger partial charge in [-0.1, -0.05) is 29.8 Å². The summed E-state index contributed by atoms with van der Waals surface area (Å²) in [4.78, 5) is 12.1. The number of nitrogens with zero attached hydrogens (tertiary/aromatic N) is 2. The van der Waals surface area contributed by atoms with Crippen molar-refractivity contribution in [3.63, 3.8) is 0 Å². The maximum atomic E-state index is 12.1. The lowest BCUT2D eigenvalue weighted by molar-refractivity contribution is 0.0895. The van der Waals surface area contributed by atoms with Crippen LogP contribution < -0.4 is 0 Å². The van der Waals surface area contributed by atoms with Crippen molar-refractivity contribution in [3.8, 4) is 0 Å². The van der Waals surface area contributed by atoms with Gasteiger partial charge in [0, 0.05) is 5.69 Å². The van der Waals surface area contributed by atoms with Crippen molar-refractivity contribution < 1.29 is 4.79 Å². The first-order valence-corrected chi connectivity index (χ1v) is 5.68. The van der Waals surface area contributed by atoms with Gasteiger partial charge in [0.1, 0.15) is 0 Å². The molecular weight excluding hydrogens is 212 g/mol. The highest BCUT2D eigenvalue weighted by Gasteiger charge is 2.10. The molecule has 0 N–H and O–H groups in total. The second-order valence-electron chi connectivity index (χ2n) is 4.40. The Kier molecular flexibility index (Phi) is 3.09.